The van der Waals surface area contributed by atoms with E-state index in [9.17, 15) is 8.78 Å². The van der Waals surface area contributed by atoms with E-state index in [-0.39, 0.29) is 54.6 Å². The van der Waals surface area contributed by atoms with Crippen LogP contribution in [-0.4, -0.2) is 14.2 Å². The van der Waals surface area contributed by atoms with Crippen LogP contribution < -0.4 is 9.47 Å². The molecule has 0 saturated heterocycles. The first-order chi connectivity index (χ1) is 39.0. The molecule has 0 radical (unpaired) electrons. The van der Waals surface area contributed by atoms with E-state index in [1.807, 2.05) is 114 Å². The van der Waals surface area contributed by atoms with E-state index in [1.165, 1.54) is 40.5 Å². The Balaban J connectivity index is 0.000000503. The first kappa shape index (κ1) is 80.8. The zero-order valence-corrected chi connectivity index (χ0v) is 62.7. The van der Waals surface area contributed by atoms with Crippen LogP contribution in [0.25, 0.3) is 0 Å². The molecule has 0 atom stereocenters. The van der Waals surface area contributed by atoms with Gasteiger partial charge in [0, 0.05) is 45.7 Å². The third-order valence-electron chi connectivity index (χ3n) is 12.9. The maximum atomic E-state index is 13.0. The summed E-state index contributed by atoms with van der Waals surface area (Å²) < 4.78 is 37.1. The fourth-order valence-electron chi connectivity index (χ4n) is 8.57. The van der Waals surface area contributed by atoms with Crippen LogP contribution in [0.2, 0.25) is 40.2 Å². The normalized spacial score (nSPS) is 11.7. The molecule has 474 valence electrons. The molecular formula is C73H93BrCl8F2O2. The highest BCUT2D eigenvalue weighted by atomic mass is 79.9. The summed E-state index contributed by atoms with van der Waals surface area (Å²) >= 11 is 51.5. The Morgan fingerprint density at radius 1 is 0.326 bits per heavy atom. The van der Waals surface area contributed by atoms with Gasteiger partial charge in [0.15, 0.2) is 11.5 Å². The van der Waals surface area contributed by atoms with Gasteiger partial charge in [-0.2, -0.15) is 0 Å². The maximum Gasteiger partial charge on any atom is 0.162 e. The lowest BCUT2D eigenvalue weighted by Crippen LogP contribution is -2.13. The van der Waals surface area contributed by atoms with Gasteiger partial charge in [0.25, 0.3) is 0 Å². The molecule has 7 aromatic rings. The highest BCUT2D eigenvalue weighted by Gasteiger charge is 2.24. The molecular weight excluding hydrogens is 1310 g/mol. The molecule has 7 aromatic carbocycles. The summed E-state index contributed by atoms with van der Waals surface area (Å²) in [5, 5.41) is 5.51. The van der Waals surface area contributed by atoms with E-state index in [4.69, 9.17) is 102 Å². The second-order valence-electron chi connectivity index (χ2n) is 27.8. The summed E-state index contributed by atoms with van der Waals surface area (Å²) in [4.78, 5) is 0. The van der Waals surface area contributed by atoms with Gasteiger partial charge < -0.3 is 9.47 Å². The Labute approximate surface area is 566 Å². The number of benzene rings is 7. The van der Waals surface area contributed by atoms with Crippen LogP contribution in [0, 0.1) is 18.6 Å². The Bertz CT molecular complexity index is 3090. The molecule has 0 N–H and O–H groups in total. The van der Waals surface area contributed by atoms with Crippen molar-refractivity contribution in [1.82, 2.24) is 0 Å². The van der Waals surface area contributed by atoms with Gasteiger partial charge in [0.1, 0.15) is 11.6 Å². The largest absolute Gasteiger partial charge is 0.493 e. The monoisotopic (exact) mass is 1400 g/mol. The molecule has 86 heavy (non-hydrogen) atoms. The van der Waals surface area contributed by atoms with Crippen LogP contribution in [0.4, 0.5) is 8.78 Å². The molecule has 0 spiro atoms. The molecule has 0 saturated carbocycles. The van der Waals surface area contributed by atoms with E-state index >= 15 is 0 Å². The van der Waals surface area contributed by atoms with Crippen molar-refractivity contribution >= 4 is 109 Å². The van der Waals surface area contributed by atoms with Gasteiger partial charge in [-0.15, -0.1) is 0 Å². The molecule has 0 amide bonds. The van der Waals surface area contributed by atoms with Crippen LogP contribution in [0.5, 0.6) is 11.5 Å². The smallest absolute Gasteiger partial charge is 0.162 e. The number of methoxy groups -OCH3 is 2. The van der Waals surface area contributed by atoms with Crippen molar-refractivity contribution in [3.8, 4) is 11.5 Å². The van der Waals surface area contributed by atoms with Crippen LogP contribution in [-0.2, 0) is 37.9 Å². The highest BCUT2D eigenvalue weighted by Crippen LogP contribution is 2.40. The van der Waals surface area contributed by atoms with Crippen molar-refractivity contribution in [3.05, 3.63) is 228 Å². The van der Waals surface area contributed by atoms with Gasteiger partial charge in [-0.25, -0.2) is 8.78 Å². The van der Waals surface area contributed by atoms with Crippen molar-refractivity contribution < 1.29 is 18.3 Å². The standard InChI is InChI=1S/C12H17ClO2.C11H15Cl.C10H12BrCl.C10H12Cl2.2C10H12ClF.C10H13Cl/c1-12(2,3)8-6-10(14-4)11(15-5)7-9(8)13;1-8-6-5-7-9(12)10(8)11(2,3)4;1-10(2,3)8-5-4-7(11)6-9(8)12;1-10(2,3)9-7(11)5-4-6-8(9)12;1-10(2,3)8-5-4-7(12)6-9(8)11;1-10(2,3)7-5-4-6-8(12)9(7)11;1-10(2,3)8-6-4-5-7-9(8)11/h6-7H,1-5H3;5-7H,1-4H3;4*4-6H,1-3H3;4-7H,1-3H3. The molecule has 0 aromatic heterocycles. The van der Waals surface area contributed by atoms with E-state index in [0.29, 0.717) is 21.5 Å². The number of halogens is 11. The Morgan fingerprint density at radius 3 is 1.02 bits per heavy atom. The Hall–Kier alpha value is -3.20. The molecule has 13 heteroatoms. The van der Waals surface area contributed by atoms with Crippen molar-refractivity contribution in [2.24, 2.45) is 0 Å². The van der Waals surface area contributed by atoms with Gasteiger partial charge in [-0.3, -0.25) is 0 Å². The molecule has 0 bridgehead atoms. The van der Waals surface area contributed by atoms with Crippen LogP contribution >= 0.6 is 109 Å². The summed E-state index contributed by atoms with van der Waals surface area (Å²) in [5.74, 6) is 0.749. The molecule has 0 unspecified atom stereocenters. The topological polar surface area (TPSA) is 18.5 Å². The molecule has 0 aliphatic heterocycles. The minimum absolute atomic E-state index is 0.00334. The van der Waals surface area contributed by atoms with E-state index < -0.39 is 0 Å². The van der Waals surface area contributed by atoms with Crippen molar-refractivity contribution in [2.45, 2.75) is 190 Å². The fourth-order valence-corrected chi connectivity index (χ4v) is 12.7. The Morgan fingerprint density at radius 2 is 0.674 bits per heavy atom. The lowest BCUT2D eigenvalue weighted by Gasteiger charge is -2.22. The third kappa shape index (κ3) is 27.1. The molecule has 7 rings (SSSR count). The number of hydrogen-bond acceptors (Lipinski definition) is 2. The summed E-state index contributed by atoms with van der Waals surface area (Å²) in [6, 6.07) is 38.8. The van der Waals surface area contributed by atoms with Gasteiger partial charge in [-0.05, 0) is 150 Å². The molecule has 0 fully saturated rings. The minimum Gasteiger partial charge on any atom is -0.493 e. The number of aryl methyl sites for hydroxylation is 1. The molecule has 0 heterocycles. The predicted octanol–water partition coefficient (Wildman–Crippen LogP) is 27.5. The van der Waals surface area contributed by atoms with E-state index in [0.717, 1.165) is 51.8 Å². The van der Waals surface area contributed by atoms with Crippen molar-refractivity contribution in [1.29, 1.82) is 0 Å². The summed E-state index contributed by atoms with van der Waals surface area (Å²) in [6.45, 7) is 46.4. The molecule has 0 aliphatic rings. The minimum atomic E-state index is -0.343. The van der Waals surface area contributed by atoms with Gasteiger partial charge in [0.05, 0.1) is 19.2 Å². The summed E-state index contributed by atoms with van der Waals surface area (Å²) in [6.07, 6.45) is 0. The molecule has 0 aliphatic carbocycles. The lowest BCUT2D eigenvalue weighted by atomic mass is 9.84. The average Bonchev–Trinajstić information content (AvgIpc) is 3.08. The quantitative estimate of drug-likeness (QED) is 0.172. The summed E-state index contributed by atoms with van der Waals surface area (Å²) in [5.41, 5.74) is 9.13. The maximum absolute atomic E-state index is 13.0. The number of hydrogen-bond donors (Lipinski definition) is 0. The van der Waals surface area contributed by atoms with Crippen LogP contribution in [0.15, 0.2) is 132 Å². The zero-order chi connectivity index (χ0) is 66.9. The van der Waals surface area contributed by atoms with E-state index in [1.54, 1.807) is 32.4 Å². The SMILES string of the molecule is CC(C)(C)c1c(Cl)cccc1Cl.CC(C)(C)c1ccc(Br)cc1Cl.CC(C)(C)c1ccc(F)cc1Cl.CC(C)(C)c1cccc(F)c1Cl.CC(C)(C)c1ccccc1Cl.COc1cc(Cl)c(C(C)(C)C)cc1OC.Cc1cccc(Cl)c1C(C)(C)C. The van der Waals surface area contributed by atoms with Gasteiger partial charge in [0.2, 0.25) is 0 Å². The third-order valence-corrected chi connectivity index (χ3v) is 16.0. The van der Waals surface area contributed by atoms with Gasteiger partial charge in [-0.1, -0.05) is 315 Å². The highest BCUT2D eigenvalue weighted by molar-refractivity contribution is 9.10. The number of ether oxygens (including phenoxy) is 2. The van der Waals surface area contributed by atoms with Crippen LogP contribution in [0.1, 0.15) is 190 Å². The van der Waals surface area contributed by atoms with E-state index in [2.05, 4.69) is 145 Å². The van der Waals surface area contributed by atoms with Crippen molar-refractivity contribution in [3.63, 3.8) is 0 Å². The second-order valence-corrected chi connectivity index (χ2v) is 31.9. The lowest BCUT2D eigenvalue weighted by molar-refractivity contribution is 0.353. The molecule has 2 nitrogen and oxygen atoms in total. The summed E-state index contributed by atoms with van der Waals surface area (Å²) in [7, 11) is 3.23. The second kappa shape index (κ2) is 34.3. The average molecular weight is 1400 g/mol. The number of rotatable bonds is 2. The predicted molar refractivity (Wildman–Crippen MR) is 382 cm³/mol. The first-order valence-electron chi connectivity index (χ1n) is 28.2. The Kier molecular flexibility index (Phi) is 32.2. The van der Waals surface area contributed by atoms with Crippen molar-refractivity contribution in [2.75, 3.05) is 14.2 Å². The zero-order valence-electron chi connectivity index (χ0n) is 55.1. The first-order valence-corrected chi connectivity index (χ1v) is 32.1. The van der Waals surface area contributed by atoms with Gasteiger partial charge >= 0.3 is 0 Å². The van der Waals surface area contributed by atoms with Crippen LogP contribution in [0.3, 0.4) is 0 Å². The fraction of sp³-hybridized carbons (Fsp3) is 0.425.